The van der Waals surface area contributed by atoms with Crippen LogP contribution in [-0.4, -0.2) is 34.4 Å². The summed E-state index contributed by atoms with van der Waals surface area (Å²) in [6.07, 6.45) is -0.202. The summed E-state index contributed by atoms with van der Waals surface area (Å²) in [7, 11) is 0. The number of carbonyl (C=O) groups excluding carboxylic acids is 3. The van der Waals surface area contributed by atoms with Gasteiger partial charge < -0.3 is 15.2 Å². The fourth-order valence-electron chi connectivity index (χ4n) is 2.81. The molecule has 2 N–H and O–H groups in total. The highest BCUT2D eigenvalue weighted by Crippen LogP contribution is 2.31. The Labute approximate surface area is 152 Å². The van der Waals surface area contributed by atoms with Crippen LogP contribution in [-0.2, 0) is 15.1 Å². The Kier molecular flexibility index (Phi) is 4.64. The Bertz CT molecular complexity index is 929. The predicted octanol–water partition coefficient (Wildman–Crippen LogP) is 2.06. The molecule has 3 rings (SSSR count). The molecule has 1 aromatic carbocycles. The monoisotopic (exact) mass is 378 g/mol. The molecule has 0 aliphatic carbocycles. The maximum atomic E-state index is 14.1. The predicted molar refractivity (Wildman–Crippen MR) is 88.4 cm³/mol. The topological polar surface area (TPSA) is 105 Å². The first kappa shape index (κ1) is 18.5. The second-order valence-electron chi connectivity index (χ2n) is 6.26. The smallest absolute Gasteiger partial charge is 0.325 e. The van der Waals surface area contributed by atoms with Gasteiger partial charge in [0.05, 0.1) is 0 Å². The summed E-state index contributed by atoms with van der Waals surface area (Å²) in [4.78, 5) is 37.6. The molecule has 0 radical (unpaired) electrons. The van der Waals surface area contributed by atoms with Crippen molar-refractivity contribution >= 4 is 23.7 Å². The third-order valence-corrected chi connectivity index (χ3v) is 4.20. The molecule has 1 saturated heterocycles. The number of anilines is 1. The number of hydrogen-bond donors (Lipinski definition) is 2. The average Bonchev–Trinajstić information content (AvgIpc) is 3.10. The van der Waals surface area contributed by atoms with Crippen molar-refractivity contribution in [3.8, 4) is 0 Å². The molecule has 2 heterocycles. The standard InChI is InChI=1S/C17H16F2N4O4/c1-9-7-13(22-27-9)20-14(24)5-6-23-15(25)17(2,21-16(23)26)11-8-10(18)3-4-12(11)19/h3-4,7-8H,5-6H2,1-2H3,(H,21,26)(H,20,22,24). The minimum absolute atomic E-state index is 0.202. The zero-order valence-electron chi connectivity index (χ0n) is 14.5. The number of hydrogen-bond acceptors (Lipinski definition) is 5. The lowest BCUT2D eigenvalue weighted by Crippen LogP contribution is -2.42. The van der Waals surface area contributed by atoms with Gasteiger partial charge in [-0.2, -0.15) is 0 Å². The molecule has 1 aliphatic heterocycles. The summed E-state index contributed by atoms with van der Waals surface area (Å²) in [5.74, 6) is -2.12. The first-order valence-electron chi connectivity index (χ1n) is 8.03. The van der Waals surface area contributed by atoms with Crippen molar-refractivity contribution in [3.63, 3.8) is 0 Å². The largest absolute Gasteiger partial charge is 0.360 e. The molecule has 1 fully saturated rings. The zero-order chi connectivity index (χ0) is 19.8. The SMILES string of the molecule is Cc1cc(NC(=O)CCN2C(=O)NC(C)(c3cc(F)ccc3F)C2=O)no1. The van der Waals surface area contributed by atoms with Crippen LogP contribution >= 0.6 is 0 Å². The first-order chi connectivity index (χ1) is 12.7. The van der Waals surface area contributed by atoms with Crippen LogP contribution in [0.3, 0.4) is 0 Å². The van der Waals surface area contributed by atoms with Crippen molar-refractivity contribution in [2.45, 2.75) is 25.8 Å². The lowest BCUT2D eigenvalue weighted by atomic mass is 9.91. The molecule has 4 amide bonds. The Balaban J connectivity index is 1.70. The summed E-state index contributed by atoms with van der Waals surface area (Å²) >= 11 is 0. The highest BCUT2D eigenvalue weighted by molar-refractivity contribution is 6.07. The Morgan fingerprint density at radius 3 is 2.74 bits per heavy atom. The number of imide groups is 1. The molecule has 8 nitrogen and oxygen atoms in total. The number of rotatable bonds is 5. The second kappa shape index (κ2) is 6.78. The number of halogens is 2. The molecule has 142 valence electrons. The van der Waals surface area contributed by atoms with Crippen molar-refractivity contribution in [1.82, 2.24) is 15.4 Å². The summed E-state index contributed by atoms with van der Waals surface area (Å²) in [5, 5.41) is 8.43. The van der Waals surface area contributed by atoms with Crippen LogP contribution < -0.4 is 10.6 Å². The Morgan fingerprint density at radius 2 is 2.07 bits per heavy atom. The van der Waals surface area contributed by atoms with Crippen molar-refractivity contribution in [3.05, 3.63) is 47.2 Å². The van der Waals surface area contributed by atoms with Gasteiger partial charge in [0.1, 0.15) is 22.9 Å². The number of aromatic nitrogens is 1. The van der Waals surface area contributed by atoms with E-state index in [-0.39, 0.29) is 24.3 Å². The molecule has 1 aliphatic rings. The van der Waals surface area contributed by atoms with E-state index >= 15 is 0 Å². The van der Waals surface area contributed by atoms with Gasteiger partial charge in [0, 0.05) is 24.6 Å². The maximum Gasteiger partial charge on any atom is 0.325 e. The molecule has 0 bridgehead atoms. The fourth-order valence-corrected chi connectivity index (χ4v) is 2.81. The van der Waals surface area contributed by atoms with E-state index in [0.717, 1.165) is 23.1 Å². The van der Waals surface area contributed by atoms with E-state index in [1.54, 1.807) is 6.92 Å². The average molecular weight is 378 g/mol. The molecule has 1 atom stereocenters. The van der Waals surface area contributed by atoms with Crippen LogP contribution in [0.15, 0.2) is 28.8 Å². The molecular formula is C17H16F2N4O4. The van der Waals surface area contributed by atoms with Gasteiger partial charge in [0.25, 0.3) is 5.91 Å². The summed E-state index contributed by atoms with van der Waals surface area (Å²) in [6.45, 7) is 2.70. The quantitative estimate of drug-likeness (QED) is 0.775. The molecule has 0 saturated carbocycles. The number of benzene rings is 1. The molecule has 2 aromatic rings. The van der Waals surface area contributed by atoms with Gasteiger partial charge in [-0.15, -0.1) is 0 Å². The van der Waals surface area contributed by atoms with Crippen LogP contribution in [0.1, 0.15) is 24.7 Å². The molecule has 27 heavy (non-hydrogen) atoms. The van der Waals surface area contributed by atoms with Crippen LogP contribution in [0.25, 0.3) is 0 Å². The van der Waals surface area contributed by atoms with Crippen molar-refractivity contribution in [1.29, 1.82) is 0 Å². The third-order valence-electron chi connectivity index (χ3n) is 4.20. The maximum absolute atomic E-state index is 14.1. The number of amides is 4. The van der Waals surface area contributed by atoms with Gasteiger partial charge in [-0.1, -0.05) is 5.16 Å². The normalized spacial score (nSPS) is 19.3. The van der Waals surface area contributed by atoms with E-state index in [9.17, 15) is 23.2 Å². The van der Waals surface area contributed by atoms with Crippen LogP contribution in [0, 0.1) is 18.6 Å². The van der Waals surface area contributed by atoms with E-state index in [0.29, 0.717) is 5.76 Å². The van der Waals surface area contributed by atoms with E-state index in [4.69, 9.17) is 4.52 Å². The molecule has 0 spiro atoms. The highest BCUT2D eigenvalue weighted by atomic mass is 19.1. The summed E-state index contributed by atoms with van der Waals surface area (Å²) in [5.41, 5.74) is -2.05. The van der Waals surface area contributed by atoms with E-state index in [1.165, 1.54) is 13.0 Å². The molecular weight excluding hydrogens is 362 g/mol. The first-order valence-corrected chi connectivity index (χ1v) is 8.03. The zero-order valence-corrected chi connectivity index (χ0v) is 14.5. The van der Waals surface area contributed by atoms with Crippen LogP contribution in [0.4, 0.5) is 19.4 Å². The highest BCUT2D eigenvalue weighted by Gasteiger charge is 2.50. The van der Waals surface area contributed by atoms with Crippen molar-refractivity contribution < 1.29 is 27.7 Å². The number of urea groups is 1. The van der Waals surface area contributed by atoms with E-state index in [1.807, 2.05) is 0 Å². The summed E-state index contributed by atoms with van der Waals surface area (Å²) in [6, 6.07) is 3.37. The molecule has 10 heteroatoms. The van der Waals surface area contributed by atoms with Gasteiger partial charge in [-0.25, -0.2) is 13.6 Å². The molecule has 1 aromatic heterocycles. The van der Waals surface area contributed by atoms with Crippen molar-refractivity contribution in [2.75, 3.05) is 11.9 Å². The lowest BCUT2D eigenvalue weighted by molar-refractivity contribution is -0.131. The number of nitrogens with zero attached hydrogens (tertiary/aromatic N) is 2. The van der Waals surface area contributed by atoms with Gasteiger partial charge in [0.15, 0.2) is 5.82 Å². The Morgan fingerprint density at radius 1 is 1.33 bits per heavy atom. The minimum atomic E-state index is -1.76. The second-order valence-corrected chi connectivity index (χ2v) is 6.26. The lowest BCUT2D eigenvalue weighted by Gasteiger charge is -2.22. The van der Waals surface area contributed by atoms with E-state index in [2.05, 4.69) is 15.8 Å². The van der Waals surface area contributed by atoms with Crippen molar-refractivity contribution in [2.24, 2.45) is 0 Å². The van der Waals surface area contributed by atoms with Gasteiger partial charge >= 0.3 is 6.03 Å². The fraction of sp³-hybridized carbons (Fsp3) is 0.294. The van der Waals surface area contributed by atoms with Gasteiger partial charge in [-0.3, -0.25) is 14.5 Å². The van der Waals surface area contributed by atoms with Gasteiger partial charge in [-0.05, 0) is 32.0 Å². The number of carbonyl (C=O) groups is 3. The summed E-state index contributed by atoms with van der Waals surface area (Å²) < 4.78 is 32.4. The number of aryl methyl sites for hydroxylation is 1. The Hall–Kier alpha value is -3.30. The van der Waals surface area contributed by atoms with Crippen LogP contribution in [0.5, 0.6) is 0 Å². The molecule has 1 unspecified atom stereocenters. The van der Waals surface area contributed by atoms with Gasteiger partial charge in [0.2, 0.25) is 5.91 Å². The third kappa shape index (κ3) is 3.50. The van der Waals surface area contributed by atoms with E-state index < -0.39 is 35.0 Å². The van der Waals surface area contributed by atoms with Crippen LogP contribution in [0.2, 0.25) is 0 Å². The number of nitrogens with one attached hydrogen (secondary N) is 2. The minimum Gasteiger partial charge on any atom is -0.360 e.